The lowest BCUT2D eigenvalue weighted by atomic mass is 9.98. The molecule has 4 heteroatoms. The third-order valence-electron chi connectivity index (χ3n) is 3.11. The lowest BCUT2D eigenvalue weighted by molar-refractivity contribution is 0.338. The van der Waals surface area contributed by atoms with Crippen LogP contribution in [0.1, 0.15) is 33.6 Å². The summed E-state index contributed by atoms with van der Waals surface area (Å²) in [5.41, 5.74) is 8.10. The van der Waals surface area contributed by atoms with Gasteiger partial charge in [-0.25, -0.2) is 4.98 Å². The summed E-state index contributed by atoms with van der Waals surface area (Å²) in [6, 6.07) is 6.10. The maximum absolute atomic E-state index is 6.06. The predicted octanol–water partition coefficient (Wildman–Crippen LogP) is 3.92. The summed E-state index contributed by atoms with van der Waals surface area (Å²) in [4.78, 5) is 4.43. The first-order valence-corrected chi connectivity index (χ1v) is 6.69. The summed E-state index contributed by atoms with van der Waals surface area (Å²) in [6.07, 6.45) is 2.21. The monoisotopic (exact) mass is 295 g/mol. The molecule has 0 spiro atoms. The van der Waals surface area contributed by atoms with Gasteiger partial charge in [0, 0.05) is 10.0 Å². The summed E-state index contributed by atoms with van der Waals surface area (Å²) >= 11 is 3.46. The molecule has 0 saturated carbocycles. The Hall–Kier alpha value is -1.03. The van der Waals surface area contributed by atoms with Crippen LogP contribution in [0.2, 0.25) is 0 Å². The number of benzene rings is 1. The van der Waals surface area contributed by atoms with Crippen molar-refractivity contribution in [3.8, 4) is 0 Å². The summed E-state index contributed by atoms with van der Waals surface area (Å²) < 4.78 is 3.17. The standard InChI is InChI=1S/C13H18BrN3/c1-4-7-13(2,3)17-11-6-5-9(14)8-10(11)16-12(17)15/h5-6,8H,4,7H2,1-3H3,(H2,15,16). The molecule has 0 fully saturated rings. The molecule has 0 atom stereocenters. The van der Waals surface area contributed by atoms with E-state index in [9.17, 15) is 0 Å². The van der Waals surface area contributed by atoms with Crippen molar-refractivity contribution in [1.82, 2.24) is 9.55 Å². The molecule has 1 aromatic heterocycles. The number of hydrogen-bond donors (Lipinski definition) is 1. The van der Waals surface area contributed by atoms with Gasteiger partial charge in [0.15, 0.2) is 0 Å². The Morgan fingerprint density at radius 2 is 2.12 bits per heavy atom. The van der Waals surface area contributed by atoms with Crippen LogP contribution >= 0.6 is 15.9 Å². The molecule has 1 heterocycles. The van der Waals surface area contributed by atoms with Gasteiger partial charge < -0.3 is 10.3 Å². The fraction of sp³-hybridized carbons (Fsp3) is 0.462. The van der Waals surface area contributed by atoms with Crippen LogP contribution in [0.25, 0.3) is 11.0 Å². The molecule has 0 aliphatic rings. The molecule has 3 nitrogen and oxygen atoms in total. The van der Waals surface area contributed by atoms with E-state index in [1.807, 2.05) is 12.1 Å². The van der Waals surface area contributed by atoms with Crippen molar-refractivity contribution < 1.29 is 0 Å². The first-order valence-electron chi connectivity index (χ1n) is 5.89. The van der Waals surface area contributed by atoms with Crippen LogP contribution in [0.3, 0.4) is 0 Å². The van der Waals surface area contributed by atoms with E-state index < -0.39 is 0 Å². The molecular weight excluding hydrogens is 278 g/mol. The number of fused-ring (bicyclic) bond motifs is 1. The Morgan fingerprint density at radius 1 is 1.41 bits per heavy atom. The van der Waals surface area contributed by atoms with Crippen LogP contribution in [0, 0.1) is 0 Å². The number of nitrogen functional groups attached to an aromatic ring is 1. The molecule has 0 radical (unpaired) electrons. The van der Waals surface area contributed by atoms with E-state index in [2.05, 4.69) is 52.3 Å². The number of nitrogens with zero attached hydrogens (tertiary/aromatic N) is 2. The summed E-state index contributed by atoms with van der Waals surface area (Å²) in [7, 11) is 0. The van der Waals surface area contributed by atoms with Crippen molar-refractivity contribution in [2.24, 2.45) is 0 Å². The molecule has 0 saturated heterocycles. The van der Waals surface area contributed by atoms with Crippen molar-refractivity contribution in [2.75, 3.05) is 5.73 Å². The zero-order valence-electron chi connectivity index (χ0n) is 10.5. The highest BCUT2D eigenvalue weighted by molar-refractivity contribution is 9.10. The average molecular weight is 296 g/mol. The topological polar surface area (TPSA) is 43.8 Å². The molecule has 0 unspecified atom stereocenters. The lowest BCUT2D eigenvalue weighted by Crippen LogP contribution is -2.27. The van der Waals surface area contributed by atoms with Crippen molar-refractivity contribution in [1.29, 1.82) is 0 Å². The molecule has 0 aliphatic heterocycles. The molecule has 0 bridgehead atoms. The van der Waals surface area contributed by atoms with Crippen LogP contribution in [0.4, 0.5) is 5.95 Å². The Balaban J connectivity index is 2.64. The van der Waals surface area contributed by atoms with Gasteiger partial charge >= 0.3 is 0 Å². The number of aromatic nitrogens is 2. The maximum Gasteiger partial charge on any atom is 0.201 e. The Bertz CT molecular complexity index is 543. The van der Waals surface area contributed by atoms with Crippen molar-refractivity contribution >= 4 is 32.9 Å². The molecule has 0 aliphatic carbocycles. The third kappa shape index (κ3) is 2.18. The average Bonchev–Trinajstić information content (AvgIpc) is 2.53. The van der Waals surface area contributed by atoms with Crippen molar-refractivity contribution in [3.63, 3.8) is 0 Å². The zero-order chi connectivity index (χ0) is 12.6. The normalized spacial score (nSPS) is 12.2. The van der Waals surface area contributed by atoms with Gasteiger partial charge in [-0.3, -0.25) is 0 Å². The Labute approximate surface area is 110 Å². The second kappa shape index (κ2) is 4.33. The SMILES string of the molecule is CCCC(C)(C)n1c(N)nc2cc(Br)ccc21. The van der Waals surface area contributed by atoms with Gasteiger partial charge in [-0.2, -0.15) is 0 Å². The first-order chi connectivity index (χ1) is 7.95. The number of halogens is 1. The highest BCUT2D eigenvalue weighted by Crippen LogP contribution is 2.31. The quantitative estimate of drug-likeness (QED) is 0.933. The fourth-order valence-corrected chi connectivity index (χ4v) is 2.78. The molecule has 2 rings (SSSR count). The largest absolute Gasteiger partial charge is 0.369 e. The number of hydrogen-bond acceptors (Lipinski definition) is 2. The second-order valence-corrected chi connectivity index (χ2v) is 5.92. The molecular formula is C13H18BrN3. The summed E-state index contributed by atoms with van der Waals surface area (Å²) in [6.45, 7) is 6.60. The minimum Gasteiger partial charge on any atom is -0.369 e. The first kappa shape index (κ1) is 12.4. The molecule has 92 valence electrons. The molecule has 1 aromatic carbocycles. The number of rotatable bonds is 3. The van der Waals surface area contributed by atoms with Crippen molar-refractivity contribution in [2.45, 2.75) is 39.2 Å². The van der Waals surface area contributed by atoms with E-state index in [0.29, 0.717) is 5.95 Å². The fourth-order valence-electron chi connectivity index (χ4n) is 2.43. The van der Waals surface area contributed by atoms with Gasteiger partial charge in [-0.15, -0.1) is 0 Å². The van der Waals surface area contributed by atoms with Gasteiger partial charge in [-0.05, 0) is 38.5 Å². The minimum absolute atomic E-state index is 0.00140. The van der Waals surface area contributed by atoms with Crippen molar-refractivity contribution in [3.05, 3.63) is 22.7 Å². The molecule has 2 N–H and O–H groups in total. The van der Waals surface area contributed by atoms with Crippen LogP contribution < -0.4 is 5.73 Å². The third-order valence-corrected chi connectivity index (χ3v) is 3.60. The van der Waals surface area contributed by atoms with E-state index in [0.717, 1.165) is 28.3 Å². The number of anilines is 1. The van der Waals surface area contributed by atoms with Crippen LogP contribution in [-0.4, -0.2) is 9.55 Å². The van der Waals surface area contributed by atoms with E-state index in [1.165, 1.54) is 0 Å². The number of imidazole rings is 1. The Morgan fingerprint density at radius 3 is 2.76 bits per heavy atom. The van der Waals surface area contributed by atoms with Gasteiger partial charge in [-0.1, -0.05) is 29.3 Å². The number of nitrogens with two attached hydrogens (primary N) is 1. The van der Waals surface area contributed by atoms with Gasteiger partial charge in [0.05, 0.1) is 11.0 Å². The highest BCUT2D eigenvalue weighted by Gasteiger charge is 2.24. The predicted molar refractivity (Wildman–Crippen MR) is 76.1 cm³/mol. The van der Waals surface area contributed by atoms with Gasteiger partial charge in [0.2, 0.25) is 5.95 Å². The van der Waals surface area contributed by atoms with Crippen LogP contribution in [0.5, 0.6) is 0 Å². The molecule has 2 aromatic rings. The van der Waals surface area contributed by atoms with E-state index >= 15 is 0 Å². The van der Waals surface area contributed by atoms with E-state index in [1.54, 1.807) is 0 Å². The van der Waals surface area contributed by atoms with Gasteiger partial charge in [0.1, 0.15) is 0 Å². The highest BCUT2D eigenvalue weighted by atomic mass is 79.9. The van der Waals surface area contributed by atoms with Crippen LogP contribution in [-0.2, 0) is 5.54 Å². The maximum atomic E-state index is 6.06. The summed E-state index contributed by atoms with van der Waals surface area (Å²) in [5, 5.41) is 0. The zero-order valence-corrected chi connectivity index (χ0v) is 12.1. The van der Waals surface area contributed by atoms with E-state index in [4.69, 9.17) is 5.73 Å². The molecule has 17 heavy (non-hydrogen) atoms. The molecule has 0 amide bonds. The van der Waals surface area contributed by atoms with Crippen LogP contribution in [0.15, 0.2) is 22.7 Å². The Kier molecular flexibility index (Phi) is 3.17. The summed E-state index contributed by atoms with van der Waals surface area (Å²) in [5.74, 6) is 0.594. The van der Waals surface area contributed by atoms with Gasteiger partial charge in [0.25, 0.3) is 0 Å². The lowest BCUT2D eigenvalue weighted by Gasteiger charge is -2.28. The smallest absolute Gasteiger partial charge is 0.201 e. The minimum atomic E-state index is 0.00140. The second-order valence-electron chi connectivity index (χ2n) is 5.00. The van der Waals surface area contributed by atoms with E-state index in [-0.39, 0.29) is 5.54 Å².